The van der Waals surface area contributed by atoms with Crippen LogP contribution in [0.5, 0.6) is 0 Å². The normalized spacial score (nSPS) is 11.5. The Hall–Kier alpha value is -2.65. The van der Waals surface area contributed by atoms with Crippen molar-refractivity contribution in [3.05, 3.63) is 82.9 Å². The molecule has 0 bridgehead atoms. The number of hydrogen-bond acceptors (Lipinski definition) is 3. The summed E-state index contributed by atoms with van der Waals surface area (Å²) in [4.78, 5) is 16.1. The van der Waals surface area contributed by atoms with Gasteiger partial charge in [-0.3, -0.25) is 0 Å². The third kappa shape index (κ3) is 5.77. The van der Waals surface area contributed by atoms with Gasteiger partial charge in [-0.15, -0.1) is 0 Å². The molecule has 0 N–H and O–H groups in total. The zero-order chi connectivity index (χ0) is 15.6. The summed E-state index contributed by atoms with van der Waals surface area (Å²) in [5.41, 5.74) is 1.90. The van der Waals surface area contributed by atoms with Crippen LogP contribution in [-0.4, -0.2) is 12.2 Å². The molecule has 22 heavy (non-hydrogen) atoms. The second kappa shape index (κ2) is 8.60. The quantitative estimate of drug-likeness (QED) is 0.350. The number of benzene rings is 2. The largest absolute Gasteiger partial charge is 0.358 e. The number of carbonyl (C=O) groups is 1. The van der Waals surface area contributed by atoms with Gasteiger partial charge in [-0.25, -0.2) is 4.79 Å². The van der Waals surface area contributed by atoms with Crippen molar-refractivity contribution < 1.29 is 9.63 Å². The van der Waals surface area contributed by atoms with Crippen LogP contribution in [-0.2, 0) is 9.63 Å². The maximum absolute atomic E-state index is 11.4. The summed E-state index contributed by atoms with van der Waals surface area (Å²) in [6.45, 7) is 0. The Kier molecular flexibility index (Phi) is 6.15. The van der Waals surface area contributed by atoms with Crippen molar-refractivity contribution in [3.63, 3.8) is 0 Å². The third-order valence-electron chi connectivity index (χ3n) is 2.66. The Labute approximate surface area is 134 Å². The molecule has 2 aromatic rings. The van der Waals surface area contributed by atoms with Crippen molar-refractivity contribution in [1.82, 2.24) is 0 Å². The first-order valence-electron chi connectivity index (χ1n) is 6.64. The molecular weight excluding hydrogens is 298 g/mol. The lowest BCUT2D eigenvalue weighted by atomic mass is 10.2. The fraction of sp³-hybridized carbons (Fsp3) is 0. The first kappa shape index (κ1) is 15.7. The van der Waals surface area contributed by atoms with Gasteiger partial charge in [-0.05, 0) is 35.4 Å². The fourth-order valence-corrected chi connectivity index (χ4v) is 1.73. The standard InChI is InChI=1S/C18H14ClNO2/c19-17-11-8-16(9-12-17)10-13-18(21)22-20-14-4-7-15-5-2-1-3-6-15/h1-14H. The molecule has 2 aromatic carbocycles. The van der Waals surface area contributed by atoms with Gasteiger partial charge in [0.15, 0.2) is 0 Å². The van der Waals surface area contributed by atoms with E-state index in [2.05, 4.69) is 5.16 Å². The summed E-state index contributed by atoms with van der Waals surface area (Å²) in [6, 6.07) is 16.9. The van der Waals surface area contributed by atoms with Crippen LogP contribution < -0.4 is 0 Å². The molecule has 0 radical (unpaired) electrons. The highest BCUT2D eigenvalue weighted by molar-refractivity contribution is 6.30. The Balaban J connectivity index is 1.79. The molecule has 0 fully saturated rings. The Morgan fingerprint density at radius 2 is 1.64 bits per heavy atom. The molecule has 0 unspecified atom stereocenters. The zero-order valence-electron chi connectivity index (χ0n) is 11.7. The SMILES string of the molecule is O=C(C=Cc1ccc(Cl)cc1)ON=CC=Cc1ccccc1. The minimum absolute atomic E-state index is 0.542. The lowest BCUT2D eigenvalue weighted by Gasteiger charge is -1.93. The van der Waals surface area contributed by atoms with Gasteiger partial charge in [0.1, 0.15) is 0 Å². The highest BCUT2D eigenvalue weighted by atomic mass is 35.5. The molecule has 4 heteroatoms. The lowest BCUT2D eigenvalue weighted by molar-refractivity contribution is -0.137. The number of rotatable bonds is 5. The van der Waals surface area contributed by atoms with Crippen LogP contribution in [0.3, 0.4) is 0 Å². The van der Waals surface area contributed by atoms with Crippen molar-refractivity contribution in [3.8, 4) is 0 Å². The summed E-state index contributed by atoms with van der Waals surface area (Å²) in [7, 11) is 0. The molecule has 0 aliphatic heterocycles. The van der Waals surface area contributed by atoms with Crippen LogP contribution in [0.2, 0.25) is 5.02 Å². The molecule has 0 aromatic heterocycles. The summed E-state index contributed by atoms with van der Waals surface area (Å²) in [6.07, 6.45) is 7.92. The van der Waals surface area contributed by atoms with E-state index < -0.39 is 5.97 Å². The average molecular weight is 312 g/mol. The lowest BCUT2D eigenvalue weighted by Crippen LogP contribution is -1.93. The predicted octanol–water partition coefficient (Wildman–Crippen LogP) is 4.60. The number of hydrogen-bond donors (Lipinski definition) is 0. The maximum Gasteiger partial charge on any atom is 0.358 e. The van der Waals surface area contributed by atoms with E-state index in [1.807, 2.05) is 36.4 Å². The van der Waals surface area contributed by atoms with Crippen molar-refractivity contribution in [1.29, 1.82) is 0 Å². The van der Waals surface area contributed by atoms with Gasteiger partial charge in [0.05, 0.1) is 6.21 Å². The maximum atomic E-state index is 11.4. The van der Waals surface area contributed by atoms with Crippen molar-refractivity contribution in [2.45, 2.75) is 0 Å². The number of allylic oxidation sites excluding steroid dienone is 1. The van der Waals surface area contributed by atoms with E-state index in [0.29, 0.717) is 5.02 Å². The molecule has 0 amide bonds. The van der Waals surface area contributed by atoms with Gasteiger partial charge >= 0.3 is 5.97 Å². The van der Waals surface area contributed by atoms with Crippen LogP contribution in [0.15, 0.2) is 71.9 Å². The highest BCUT2D eigenvalue weighted by Crippen LogP contribution is 2.10. The average Bonchev–Trinajstić information content (AvgIpc) is 2.55. The van der Waals surface area contributed by atoms with E-state index in [4.69, 9.17) is 16.4 Å². The van der Waals surface area contributed by atoms with Gasteiger partial charge in [-0.1, -0.05) is 65.3 Å². The minimum atomic E-state index is -0.542. The molecule has 2 rings (SSSR count). The summed E-state index contributed by atoms with van der Waals surface area (Å²) in [5.74, 6) is -0.542. The molecule has 0 spiro atoms. The topological polar surface area (TPSA) is 38.7 Å². The van der Waals surface area contributed by atoms with E-state index in [-0.39, 0.29) is 0 Å². The van der Waals surface area contributed by atoms with Gasteiger partial charge in [0, 0.05) is 11.1 Å². The van der Waals surface area contributed by atoms with E-state index in [0.717, 1.165) is 11.1 Å². The van der Waals surface area contributed by atoms with E-state index in [9.17, 15) is 4.79 Å². The second-order valence-corrected chi connectivity index (χ2v) is 4.76. The Morgan fingerprint density at radius 3 is 2.36 bits per heavy atom. The number of halogens is 1. The van der Waals surface area contributed by atoms with E-state index in [1.165, 1.54) is 12.3 Å². The van der Waals surface area contributed by atoms with Crippen molar-refractivity contribution in [2.24, 2.45) is 5.16 Å². The second-order valence-electron chi connectivity index (χ2n) is 4.32. The fourth-order valence-electron chi connectivity index (χ4n) is 1.60. The number of nitrogens with zero attached hydrogens (tertiary/aromatic N) is 1. The summed E-state index contributed by atoms with van der Waals surface area (Å²) in [5, 5.41) is 4.23. The van der Waals surface area contributed by atoms with Gasteiger partial charge in [0.2, 0.25) is 0 Å². The van der Waals surface area contributed by atoms with E-state index >= 15 is 0 Å². The van der Waals surface area contributed by atoms with Crippen LogP contribution >= 0.6 is 11.6 Å². The van der Waals surface area contributed by atoms with Crippen LogP contribution in [0.1, 0.15) is 11.1 Å². The van der Waals surface area contributed by atoms with Crippen LogP contribution in [0.25, 0.3) is 12.2 Å². The Bertz CT molecular complexity index is 689. The first-order valence-corrected chi connectivity index (χ1v) is 7.01. The molecule has 3 nitrogen and oxygen atoms in total. The smallest absolute Gasteiger partial charge is 0.314 e. The third-order valence-corrected chi connectivity index (χ3v) is 2.91. The number of oxime groups is 1. The molecular formula is C18H14ClNO2. The number of carbonyl (C=O) groups excluding carboxylic acids is 1. The Morgan fingerprint density at radius 1 is 0.955 bits per heavy atom. The van der Waals surface area contributed by atoms with Gasteiger partial charge in [0.25, 0.3) is 0 Å². The molecule has 0 aliphatic rings. The van der Waals surface area contributed by atoms with Gasteiger partial charge < -0.3 is 4.84 Å². The van der Waals surface area contributed by atoms with Crippen molar-refractivity contribution in [2.75, 3.05) is 0 Å². The molecule has 0 atom stereocenters. The zero-order valence-corrected chi connectivity index (χ0v) is 12.5. The molecule has 0 aliphatic carbocycles. The molecule has 0 saturated carbocycles. The van der Waals surface area contributed by atoms with Crippen LogP contribution in [0.4, 0.5) is 0 Å². The summed E-state index contributed by atoms with van der Waals surface area (Å²) < 4.78 is 0. The van der Waals surface area contributed by atoms with Crippen molar-refractivity contribution >= 4 is 35.9 Å². The van der Waals surface area contributed by atoms with Crippen LogP contribution in [0, 0.1) is 0 Å². The van der Waals surface area contributed by atoms with Gasteiger partial charge in [-0.2, -0.15) is 0 Å². The molecule has 0 saturated heterocycles. The molecule has 110 valence electrons. The first-order chi connectivity index (χ1) is 10.7. The summed E-state index contributed by atoms with van der Waals surface area (Å²) >= 11 is 5.78. The highest BCUT2D eigenvalue weighted by Gasteiger charge is 1.94. The van der Waals surface area contributed by atoms with E-state index in [1.54, 1.807) is 36.4 Å². The monoisotopic (exact) mass is 311 g/mol. The minimum Gasteiger partial charge on any atom is -0.314 e. The molecule has 0 heterocycles. The predicted molar refractivity (Wildman–Crippen MR) is 90.5 cm³/mol.